The van der Waals surface area contributed by atoms with Crippen LogP contribution in [0.2, 0.25) is 0 Å². The fraction of sp³-hybridized carbons (Fsp3) is 0.235. The number of nitrogens with zero attached hydrogens (tertiary/aromatic N) is 1. The number of aryl methyl sites for hydroxylation is 1. The molecule has 0 bridgehead atoms. The number of aliphatic hydroxyl groups is 1. The van der Waals surface area contributed by atoms with Gasteiger partial charge < -0.3 is 19.9 Å². The first-order valence-corrected chi connectivity index (χ1v) is 13.6. The molecule has 6 nitrogen and oxygen atoms in total. The number of nitrogens with one attached hydrogen (secondary N) is 1. The Morgan fingerprint density at radius 2 is 1.57 bits per heavy atom. The zero-order chi connectivity index (χ0) is 27.7. The van der Waals surface area contributed by atoms with Gasteiger partial charge in [0, 0.05) is 24.1 Å². The molecule has 40 heavy (non-hydrogen) atoms. The summed E-state index contributed by atoms with van der Waals surface area (Å²) >= 11 is 0. The lowest BCUT2D eigenvalue weighted by Crippen LogP contribution is -2.43. The molecular weight excluding hydrogens is 500 g/mol. The van der Waals surface area contributed by atoms with E-state index in [9.17, 15) is 15.2 Å². The number of amides is 1. The van der Waals surface area contributed by atoms with Crippen LogP contribution in [0.1, 0.15) is 33.5 Å². The minimum Gasteiger partial charge on any atom is -0.486 e. The third kappa shape index (κ3) is 6.69. The van der Waals surface area contributed by atoms with Crippen LogP contribution in [-0.2, 0) is 12.8 Å². The predicted molar refractivity (Wildman–Crippen MR) is 154 cm³/mol. The van der Waals surface area contributed by atoms with Crippen molar-refractivity contribution in [2.24, 2.45) is 5.92 Å². The Hall–Kier alpha value is -4.60. The maximum absolute atomic E-state index is 13.4. The van der Waals surface area contributed by atoms with Crippen LogP contribution in [0.25, 0.3) is 11.1 Å². The number of aliphatic hydroxyl groups excluding tert-OH is 1. The van der Waals surface area contributed by atoms with Gasteiger partial charge in [-0.3, -0.25) is 4.79 Å². The van der Waals surface area contributed by atoms with E-state index in [0.29, 0.717) is 37.2 Å². The molecule has 5 rings (SSSR count). The molecule has 0 aliphatic carbocycles. The zero-order valence-corrected chi connectivity index (χ0v) is 22.3. The first-order chi connectivity index (χ1) is 19.6. The highest BCUT2D eigenvalue weighted by Gasteiger charge is 2.24. The number of fused-ring (bicyclic) bond motifs is 1. The van der Waals surface area contributed by atoms with Crippen LogP contribution in [0.5, 0.6) is 11.5 Å². The third-order valence-electron chi connectivity index (χ3n) is 7.28. The second-order valence-electron chi connectivity index (χ2n) is 10.00. The molecule has 1 aliphatic heterocycles. The van der Waals surface area contributed by atoms with E-state index in [1.807, 2.05) is 78.9 Å². The fourth-order valence-electron chi connectivity index (χ4n) is 5.09. The van der Waals surface area contributed by atoms with Gasteiger partial charge in [-0.05, 0) is 77.9 Å². The number of nitriles is 1. The van der Waals surface area contributed by atoms with Crippen LogP contribution in [0, 0.1) is 17.2 Å². The van der Waals surface area contributed by atoms with Crippen LogP contribution < -0.4 is 14.8 Å². The second-order valence-corrected chi connectivity index (χ2v) is 10.00. The third-order valence-corrected chi connectivity index (χ3v) is 7.28. The zero-order valence-electron chi connectivity index (χ0n) is 22.3. The predicted octanol–water partition coefficient (Wildman–Crippen LogP) is 5.58. The molecule has 6 heteroatoms. The number of hydrogen-bond donors (Lipinski definition) is 2. The molecule has 4 aromatic rings. The Bertz CT molecular complexity index is 1480. The lowest BCUT2D eigenvalue weighted by Gasteiger charge is -2.27. The second kappa shape index (κ2) is 13.0. The van der Waals surface area contributed by atoms with E-state index in [4.69, 9.17) is 9.47 Å². The van der Waals surface area contributed by atoms with Gasteiger partial charge in [0.2, 0.25) is 0 Å². The van der Waals surface area contributed by atoms with E-state index in [-0.39, 0.29) is 24.5 Å². The van der Waals surface area contributed by atoms with Crippen molar-refractivity contribution >= 4 is 5.91 Å². The molecule has 0 spiro atoms. The van der Waals surface area contributed by atoms with Crippen LogP contribution in [0.15, 0.2) is 97.1 Å². The van der Waals surface area contributed by atoms with Crippen molar-refractivity contribution in [2.75, 3.05) is 19.8 Å². The van der Waals surface area contributed by atoms with Crippen LogP contribution in [0.3, 0.4) is 0 Å². The van der Waals surface area contributed by atoms with Gasteiger partial charge >= 0.3 is 0 Å². The summed E-state index contributed by atoms with van der Waals surface area (Å²) in [6.07, 6.45) is 1.99. The van der Waals surface area contributed by atoms with E-state index < -0.39 is 0 Å². The fourth-order valence-corrected chi connectivity index (χ4v) is 5.09. The summed E-state index contributed by atoms with van der Waals surface area (Å²) in [5.74, 6) is 1.07. The molecule has 0 saturated carbocycles. The Labute approximate surface area is 234 Å². The minimum absolute atomic E-state index is 0.0838. The van der Waals surface area contributed by atoms with Crippen molar-refractivity contribution in [3.05, 3.63) is 119 Å². The summed E-state index contributed by atoms with van der Waals surface area (Å²) in [6.45, 7) is 0.991. The summed E-state index contributed by atoms with van der Waals surface area (Å²) < 4.78 is 11.3. The van der Waals surface area contributed by atoms with Gasteiger partial charge in [0.1, 0.15) is 13.2 Å². The van der Waals surface area contributed by atoms with Gasteiger partial charge in [0.15, 0.2) is 11.5 Å². The summed E-state index contributed by atoms with van der Waals surface area (Å²) in [6, 6.07) is 32.8. The van der Waals surface area contributed by atoms with Crippen molar-refractivity contribution in [1.82, 2.24) is 5.32 Å². The number of ether oxygens (including phenoxy) is 2. The van der Waals surface area contributed by atoms with E-state index in [0.717, 1.165) is 34.6 Å². The Morgan fingerprint density at radius 1 is 0.850 bits per heavy atom. The standard InChI is InChI=1S/C34H32N2O4/c35-22-26-8-4-7-25(19-26)20-30(23-37)31(15-9-24-5-2-1-3-6-24)36-34(38)28-12-10-27(11-13-28)29-14-16-32-33(21-29)40-18-17-39-32/h1-8,10-14,16,19,21,30-31,37H,9,15,17-18,20,23H2,(H,36,38). The first kappa shape index (κ1) is 27.0. The highest BCUT2D eigenvalue weighted by molar-refractivity contribution is 5.95. The van der Waals surface area contributed by atoms with Crippen molar-refractivity contribution in [2.45, 2.75) is 25.3 Å². The van der Waals surface area contributed by atoms with Crippen LogP contribution in [-0.4, -0.2) is 36.9 Å². The quantitative estimate of drug-likeness (QED) is 0.278. The van der Waals surface area contributed by atoms with Crippen LogP contribution >= 0.6 is 0 Å². The van der Waals surface area contributed by atoms with Gasteiger partial charge in [-0.2, -0.15) is 5.26 Å². The Kier molecular flexibility index (Phi) is 8.75. The van der Waals surface area contributed by atoms with Crippen molar-refractivity contribution in [3.63, 3.8) is 0 Å². The first-order valence-electron chi connectivity index (χ1n) is 13.6. The van der Waals surface area contributed by atoms with E-state index in [2.05, 4.69) is 23.5 Å². The molecule has 2 atom stereocenters. The number of rotatable bonds is 10. The Balaban J connectivity index is 1.32. The molecule has 1 aliphatic rings. The average molecular weight is 533 g/mol. The maximum atomic E-state index is 13.4. The van der Waals surface area contributed by atoms with Gasteiger partial charge in [-0.25, -0.2) is 0 Å². The number of benzene rings is 4. The summed E-state index contributed by atoms with van der Waals surface area (Å²) in [5.41, 5.74) is 5.22. The minimum atomic E-state index is -0.263. The lowest BCUT2D eigenvalue weighted by molar-refractivity contribution is 0.0898. The molecule has 2 unspecified atom stereocenters. The number of hydrogen-bond acceptors (Lipinski definition) is 5. The van der Waals surface area contributed by atoms with E-state index >= 15 is 0 Å². The molecule has 202 valence electrons. The SMILES string of the molecule is N#Cc1cccc(CC(CO)C(CCc2ccccc2)NC(=O)c2ccc(-c3ccc4c(c3)OCCO4)cc2)c1. The van der Waals surface area contributed by atoms with Gasteiger partial charge in [-0.15, -0.1) is 0 Å². The molecule has 0 aromatic heterocycles. The maximum Gasteiger partial charge on any atom is 0.251 e. The molecular formula is C34H32N2O4. The summed E-state index contributed by atoms with van der Waals surface area (Å²) in [5, 5.41) is 22.9. The summed E-state index contributed by atoms with van der Waals surface area (Å²) in [7, 11) is 0. The average Bonchev–Trinajstić information content (AvgIpc) is 3.02. The van der Waals surface area contributed by atoms with E-state index in [1.54, 1.807) is 6.07 Å². The normalized spacial score (nSPS) is 13.6. The molecule has 2 N–H and O–H groups in total. The molecule has 4 aromatic carbocycles. The monoisotopic (exact) mass is 532 g/mol. The Morgan fingerprint density at radius 3 is 2.33 bits per heavy atom. The molecule has 0 saturated heterocycles. The largest absolute Gasteiger partial charge is 0.486 e. The summed E-state index contributed by atoms with van der Waals surface area (Å²) in [4.78, 5) is 13.4. The molecule has 0 fully saturated rings. The van der Waals surface area contributed by atoms with E-state index in [1.165, 1.54) is 5.56 Å². The number of carbonyl (C=O) groups excluding carboxylic acids is 1. The van der Waals surface area contributed by atoms with Gasteiger partial charge in [-0.1, -0.05) is 60.7 Å². The lowest BCUT2D eigenvalue weighted by atomic mass is 9.88. The highest BCUT2D eigenvalue weighted by atomic mass is 16.6. The highest BCUT2D eigenvalue weighted by Crippen LogP contribution is 2.34. The topological polar surface area (TPSA) is 91.6 Å². The number of carbonyl (C=O) groups is 1. The molecule has 1 heterocycles. The smallest absolute Gasteiger partial charge is 0.251 e. The van der Waals surface area contributed by atoms with Crippen molar-refractivity contribution in [3.8, 4) is 28.7 Å². The van der Waals surface area contributed by atoms with Crippen molar-refractivity contribution in [1.29, 1.82) is 5.26 Å². The van der Waals surface area contributed by atoms with Crippen LogP contribution in [0.4, 0.5) is 0 Å². The van der Waals surface area contributed by atoms with Crippen molar-refractivity contribution < 1.29 is 19.4 Å². The molecule has 1 amide bonds. The van der Waals surface area contributed by atoms with Gasteiger partial charge in [0.25, 0.3) is 5.91 Å². The molecule has 0 radical (unpaired) electrons. The van der Waals surface area contributed by atoms with Gasteiger partial charge in [0.05, 0.1) is 11.6 Å².